The summed E-state index contributed by atoms with van der Waals surface area (Å²) in [6.07, 6.45) is 7.77. The zero-order chi connectivity index (χ0) is 8.27. The van der Waals surface area contributed by atoms with Crippen molar-refractivity contribution in [3.8, 4) is 6.19 Å². The van der Waals surface area contributed by atoms with Crippen LogP contribution in [-0.4, -0.2) is 30.4 Å². The van der Waals surface area contributed by atoms with Crippen molar-refractivity contribution in [3.05, 3.63) is 24.0 Å². The highest BCUT2D eigenvalue weighted by atomic mass is 79.9. The van der Waals surface area contributed by atoms with E-state index < -0.39 is 0 Å². The first-order valence-corrected chi connectivity index (χ1v) is 3.46. The van der Waals surface area contributed by atoms with Crippen LogP contribution in [0.3, 0.4) is 0 Å². The Bertz CT molecular complexity index is 237. The summed E-state index contributed by atoms with van der Waals surface area (Å²) in [6.45, 7) is 0.681. The second-order valence-electron chi connectivity index (χ2n) is 2.59. The highest BCUT2D eigenvalue weighted by Crippen LogP contribution is 2.07. The molecule has 4 heteroatoms. The lowest BCUT2D eigenvalue weighted by Gasteiger charge is -2.19. The quantitative estimate of drug-likeness (QED) is 0.636. The van der Waals surface area contributed by atoms with Crippen molar-refractivity contribution in [2.45, 2.75) is 0 Å². The normalized spacial score (nSPS) is 14.4. The molecule has 0 aromatic rings. The molecule has 1 aliphatic heterocycles. The Morgan fingerprint density at radius 3 is 2.58 bits per heavy atom. The first-order valence-electron chi connectivity index (χ1n) is 3.46. The van der Waals surface area contributed by atoms with Crippen molar-refractivity contribution in [3.63, 3.8) is 0 Å². The van der Waals surface area contributed by atoms with Gasteiger partial charge in [0.2, 0.25) is 0 Å². The topological polar surface area (TPSA) is 30.3 Å². The Balaban J connectivity index is 0.00000121. The molecule has 0 radical (unpaired) electrons. The molecular weight excluding hydrogens is 218 g/mol. The number of nitrogens with zero attached hydrogens (tertiary/aromatic N) is 3. The first-order chi connectivity index (χ1) is 5.24. The molecule has 66 valence electrons. The summed E-state index contributed by atoms with van der Waals surface area (Å²) in [5, 5.41) is 8.50. The summed E-state index contributed by atoms with van der Waals surface area (Å²) >= 11 is 0. The summed E-state index contributed by atoms with van der Waals surface area (Å²) < 4.78 is 0. The molecule has 0 N–H and O–H groups in total. The molecule has 0 saturated carbocycles. The number of allylic oxidation sites excluding steroid dienone is 1. The Labute approximate surface area is 83.3 Å². The van der Waals surface area contributed by atoms with Crippen LogP contribution in [0.4, 0.5) is 0 Å². The molecule has 0 aromatic heterocycles. The van der Waals surface area contributed by atoms with Gasteiger partial charge in [-0.05, 0) is 12.2 Å². The lowest BCUT2D eigenvalue weighted by Crippen LogP contribution is -2.18. The third-order valence-corrected chi connectivity index (χ3v) is 1.57. The van der Waals surface area contributed by atoms with Gasteiger partial charge >= 0.3 is 0 Å². The molecule has 0 unspecified atom stereocenters. The van der Waals surface area contributed by atoms with Gasteiger partial charge in [0.05, 0.1) is 6.54 Å². The number of hydrogen-bond donors (Lipinski definition) is 0. The maximum Gasteiger partial charge on any atom is 0.184 e. The van der Waals surface area contributed by atoms with Crippen LogP contribution < -0.4 is 0 Å². The van der Waals surface area contributed by atoms with Gasteiger partial charge in [-0.1, -0.05) is 0 Å². The van der Waals surface area contributed by atoms with Gasteiger partial charge in [-0.15, -0.1) is 17.0 Å². The minimum absolute atomic E-state index is 0. The van der Waals surface area contributed by atoms with Crippen LogP contribution in [-0.2, 0) is 0 Å². The smallest absolute Gasteiger partial charge is 0.184 e. The van der Waals surface area contributed by atoms with E-state index in [2.05, 4.69) is 0 Å². The standard InChI is InChI=1S/C8H11N3.BrH/c1-10(2)8-3-5-11(7-9)6-4-8;/h3-5H,6H2,1-2H3;1H. The summed E-state index contributed by atoms with van der Waals surface area (Å²) in [4.78, 5) is 3.60. The van der Waals surface area contributed by atoms with Gasteiger partial charge in [0, 0.05) is 26.0 Å². The highest BCUT2D eigenvalue weighted by Gasteiger charge is 2.03. The summed E-state index contributed by atoms with van der Waals surface area (Å²) in [5.41, 5.74) is 1.15. The molecule has 1 aliphatic rings. The number of rotatable bonds is 1. The van der Waals surface area contributed by atoms with Crippen molar-refractivity contribution in [1.82, 2.24) is 9.80 Å². The first kappa shape index (κ1) is 11.1. The molecule has 0 atom stereocenters. The van der Waals surface area contributed by atoms with E-state index in [1.54, 1.807) is 11.1 Å². The Morgan fingerprint density at radius 2 is 2.25 bits per heavy atom. The molecule has 0 aromatic carbocycles. The van der Waals surface area contributed by atoms with Crippen LogP contribution >= 0.6 is 17.0 Å². The molecule has 0 spiro atoms. The van der Waals surface area contributed by atoms with Crippen LogP contribution in [0.2, 0.25) is 0 Å². The van der Waals surface area contributed by atoms with E-state index in [-0.39, 0.29) is 17.0 Å². The molecular formula is C8H12BrN3. The Kier molecular flexibility index (Phi) is 4.45. The summed E-state index contributed by atoms with van der Waals surface area (Å²) in [5.74, 6) is 0. The summed E-state index contributed by atoms with van der Waals surface area (Å²) in [7, 11) is 3.97. The number of likely N-dealkylation sites (N-methyl/N-ethyl adjacent to an activating group) is 1. The lowest BCUT2D eigenvalue weighted by molar-refractivity contribution is 0.498. The number of nitriles is 1. The Hall–Kier alpha value is -0.950. The fourth-order valence-electron chi connectivity index (χ4n) is 0.893. The van der Waals surface area contributed by atoms with E-state index >= 15 is 0 Å². The molecule has 0 fully saturated rings. The molecule has 12 heavy (non-hydrogen) atoms. The molecule has 0 bridgehead atoms. The molecule has 1 heterocycles. The zero-order valence-corrected chi connectivity index (χ0v) is 8.90. The minimum atomic E-state index is 0. The number of hydrogen-bond acceptors (Lipinski definition) is 3. The van der Waals surface area contributed by atoms with Gasteiger partial charge in [0.25, 0.3) is 0 Å². The molecule has 1 rings (SSSR count). The van der Waals surface area contributed by atoms with Gasteiger partial charge in [0.1, 0.15) is 0 Å². The molecule has 0 aliphatic carbocycles. The van der Waals surface area contributed by atoms with Crippen LogP contribution in [0.1, 0.15) is 0 Å². The zero-order valence-electron chi connectivity index (χ0n) is 7.19. The monoisotopic (exact) mass is 229 g/mol. The fraction of sp³-hybridized carbons (Fsp3) is 0.375. The van der Waals surface area contributed by atoms with Crippen LogP contribution in [0.25, 0.3) is 0 Å². The largest absolute Gasteiger partial charge is 0.378 e. The number of halogens is 1. The van der Waals surface area contributed by atoms with Crippen molar-refractivity contribution in [2.24, 2.45) is 0 Å². The van der Waals surface area contributed by atoms with E-state index in [4.69, 9.17) is 5.26 Å². The third-order valence-electron chi connectivity index (χ3n) is 1.57. The second kappa shape index (κ2) is 4.83. The van der Waals surface area contributed by atoms with Crippen LogP contribution in [0.5, 0.6) is 0 Å². The van der Waals surface area contributed by atoms with E-state index in [9.17, 15) is 0 Å². The van der Waals surface area contributed by atoms with Crippen molar-refractivity contribution in [2.75, 3.05) is 20.6 Å². The van der Waals surface area contributed by atoms with Gasteiger partial charge in [-0.3, -0.25) is 4.90 Å². The SMILES string of the molecule is Br.CN(C)C1=CCN(C#N)C=C1. The second-order valence-corrected chi connectivity index (χ2v) is 2.59. The van der Waals surface area contributed by atoms with Crippen molar-refractivity contribution in [1.29, 1.82) is 5.26 Å². The van der Waals surface area contributed by atoms with Gasteiger partial charge in [0.15, 0.2) is 6.19 Å². The maximum atomic E-state index is 8.50. The third kappa shape index (κ3) is 2.59. The van der Waals surface area contributed by atoms with Crippen LogP contribution in [0, 0.1) is 11.5 Å². The highest BCUT2D eigenvalue weighted by molar-refractivity contribution is 8.93. The van der Waals surface area contributed by atoms with Gasteiger partial charge < -0.3 is 4.90 Å². The summed E-state index contributed by atoms with van der Waals surface area (Å²) in [6, 6.07) is 0. The van der Waals surface area contributed by atoms with E-state index in [1.165, 1.54) is 0 Å². The average Bonchev–Trinajstić information content (AvgIpc) is 2.05. The van der Waals surface area contributed by atoms with E-state index in [1.807, 2.05) is 37.3 Å². The minimum Gasteiger partial charge on any atom is -0.378 e. The lowest BCUT2D eigenvalue weighted by atomic mass is 10.3. The maximum absolute atomic E-state index is 8.50. The predicted molar refractivity (Wildman–Crippen MR) is 53.6 cm³/mol. The van der Waals surface area contributed by atoms with Gasteiger partial charge in [-0.2, -0.15) is 5.26 Å². The average molecular weight is 230 g/mol. The molecule has 3 nitrogen and oxygen atoms in total. The van der Waals surface area contributed by atoms with Crippen LogP contribution in [0.15, 0.2) is 24.0 Å². The molecule has 0 amide bonds. The van der Waals surface area contributed by atoms with E-state index in [0.29, 0.717) is 6.54 Å². The predicted octanol–water partition coefficient (Wildman–Crippen LogP) is 1.32. The van der Waals surface area contributed by atoms with Crippen molar-refractivity contribution >= 4 is 17.0 Å². The molecule has 0 saturated heterocycles. The Morgan fingerprint density at radius 1 is 1.58 bits per heavy atom. The van der Waals surface area contributed by atoms with E-state index in [0.717, 1.165) is 5.70 Å². The fourth-order valence-corrected chi connectivity index (χ4v) is 0.893. The van der Waals surface area contributed by atoms with Crippen molar-refractivity contribution < 1.29 is 0 Å². The van der Waals surface area contributed by atoms with Gasteiger partial charge in [-0.25, -0.2) is 0 Å².